The summed E-state index contributed by atoms with van der Waals surface area (Å²) in [7, 11) is 0. The summed E-state index contributed by atoms with van der Waals surface area (Å²) >= 11 is 0. The Balaban J connectivity index is 2.94. The van der Waals surface area contributed by atoms with Crippen LogP contribution in [0.25, 0.3) is 0 Å². The van der Waals surface area contributed by atoms with E-state index in [1.54, 1.807) is 0 Å². The molecule has 1 heterocycles. The molecule has 1 unspecified atom stereocenters. The largest absolute Gasteiger partial charge is 0.359 e. The minimum absolute atomic E-state index is 0.0358. The van der Waals surface area contributed by atoms with Crippen molar-refractivity contribution in [1.82, 2.24) is 4.90 Å². The molecule has 0 spiro atoms. The van der Waals surface area contributed by atoms with Crippen LogP contribution in [0.4, 0.5) is 0 Å². The highest BCUT2D eigenvalue weighted by Gasteiger charge is 2.40. The number of hydrogen-bond acceptors (Lipinski definition) is 3. The van der Waals surface area contributed by atoms with Crippen LogP contribution < -0.4 is 0 Å². The van der Waals surface area contributed by atoms with Gasteiger partial charge in [-0.05, 0) is 11.8 Å². The number of carbonyl (C=O) groups is 2. The van der Waals surface area contributed by atoms with Crippen LogP contribution in [0.1, 0.15) is 41.0 Å². The number of nitrogens with zero attached hydrogens (tertiary/aromatic N) is 1. The monoisotopic (exact) mass is 237 g/mol. The lowest BCUT2D eigenvalue weighted by atomic mass is 9.86. The lowest BCUT2D eigenvalue weighted by molar-refractivity contribution is -0.134. The van der Waals surface area contributed by atoms with Crippen LogP contribution in [-0.4, -0.2) is 29.6 Å². The van der Waals surface area contributed by atoms with Gasteiger partial charge in [-0.3, -0.25) is 4.79 Å². The summed E-state index contributed by atoms with van der Waals surface area (Å²) in [6.07, 6.45) is 1.59. The van der Waals surface area contributed by atoms with E-state index in [-0.39, 0.29) is 11.2 Å². The number of likely N-dealkylation sites (tertiary alicyclic amines) is 1. The number of aldehydes is 1. The smallest absolute Gasteiger partial charge is 0.167 e. The van der Waals surface area contributed by atoms with Gasteiger partial charge in [-0.2, -0.15) is 0 Å². The number of allylic oxidation sites excluding steroid dienone is 1. The maximum absolute atomic E-state index is 12.2. The first kappa shape index (κ1) is 13.9. The van der Waals surface area contributed by atoms with E-state index in [4.69, 9.17) is 0 Å². The molecule has 1 aliphatic rings. The summed E-state index contributed by atoms with van der Waals surface area (Å²) in [5, 5.41) is 0. The number of ketones is 1. The normalized spacial score (nSPS) is 21.5. The quantitative estimate of drug-likeness (QED) is 0.559. The van der Waals surface area contributed by atoms with Gasteiger partial charge in [0, 0.05) is 17.7 Å². The van der Waals surface area contributed by atoms with Gasteiger partial charge in [0.25, 0.3) is 0 Å². The Morgan fingerprint density at radius 1 is 1.47 bits per heavy atom. The lowest BCUT2D eigenvalue weighted by Gasteiger charge is -2.30. The van der Waals surface area contributed by atoms with E-state index in [1.807, 2.05) is 25.7 Å². The lowest BCUT2D eigenvalue weighted by Crippen LogP contribution is -2.45. The SMILES string of the molecule is C=C1CC(C)(C)CN1C(C=O)C(=O)C(C)(C)C. The Morgan fingerprint density at radius 2 is 2.00 bits per heavy atom. The summed E-state index contributed by atoms with van der Waals surface area (Å²) in [4.78, 5) is 25.3. The first-order chi connectivity index (χ1) is 7.58. The number of carbonyl (C=O) groups excluding carboxylic acids is 2. The summed E-state index contributed by atoms with van der Waals surface area (Å²) in [5.74, 6) is -0.0358. The second-order valence-corrected chi connectivity index (χ2v) is 6.73. The summed E-state index contributed by atoms with van der Waals surface area (Å²) in [5.41, 5.74) is 0.486. The van der Waals surface area contributed by atoms with Gasteiger partial charge in [-0.15, -0.1) is 0 Å². The fourth-order valence-corrected chi connectivity index (χ4v) is 2.30. The zero-order chi connectivity index (χ0) is 13.4. The molecule has 1 rings (SSSR count). The second kappa shape index (κ2) is 4.28. The van der Waals surface area contributed by atoms with Gasteiger partial charge in [0.2, 0.25) is 0 Å². The molecule has 1 saturated heterocycles. The number of hydrogen-bond donors (Lipinski definition) is 0. The van der Waals surface area contributed by atoms with E-state index in [1.165, 1.54) is 0 Å². The van der Waals surface area contributed by atoms with E-state index >= 15 is 0 Å². The average molecular weight is 237 g/mol. The van der Waals surface area contributed by atoms with E-state index in [9.17, 15) is 9.59 Å². The molecule has 0 aromatic heterocycles. The Hall–Kier alpha value is -1.12. The Bertz CT molecular complexity index is 350. The highest BCUT2D eigenvalue weighted by atomic mass is 16.1. The molecule has 96 valence electrons. The average Bonchev–Trinajstić information content (AvgIpc) is 2.39. The van der Waals surface area contributed by atoms with Gasteiger partial charge in [0.05, 0.1) is 0 Å². The van der Waals surface area contributed by atoms with Crippen molar-refractivity contribution in [2.24, 2.45) is 10.8 Å². The molecule has 0 N–H and O–H groups in total. The van der Waals surface area contributed by atoms with Crippen molar-refractivity contribution in [1.29, 1.82) is 0 Å². The minimum atomic E-state index is -0.677. The molecule has 0 aromatic carbocycles. The Labute approximate surface area is 104 Å². The summed E-state index contributed by atoms with van der Waals surface area (Å²) in [6, 6.07) is -0.677. The summed E-state index contributed by atoms with van der Waals surface area (Å²) < 4.78 is 0. The van der Waals surface area contributed by atoms with E-state index in [0.717, 1.165) is 24.9 Å². The topological polar surface area (TPSA) is 37.4 Å². The maximum atomic E-state index is 12.2. The van der Waals surface area contributed by atoms with Gasteiger partial charge >= 0.3 is 0 Å². The third-order valence-electron chi connectivity index (χ3n) is 3.16. The molecule has 3 heteroatoms. The van der Waals surface area contributed by atoms with Crippen molar-refractivity contribution in [3.05, 3.63) is 12.3 Å². The van der Waals surface area contributed by atoms with Crippen LogP contribution >= 0.6 is 0 Å². The molecule has 0 amide bonds. The molecule has 17 heavy (non-hydrogen) atoms. The molecular weight excluding hydrogens is 214 g/mol. The molecular formula is C14H23NO2. The first-order valence-corrected chi connectivity index (χ1v) is 6.02. The van der Waals surface area contributed by atoms with Crippen molar-refractivity contribution >= 4 is 12.1 Å². The van der Waals surface area contributed by atoms with Crippen LogP contribution in [0.2, 0.25) is 0 Å². The van der Waals surface area contributed by atoms with E-state index < -0.39 is 11.5 Å². The van der Waals surface area contributed by atoms with Crippen LogP contribution in [-0.2, 0) is 9.59 Å². The standard InChI is InChI=1S/C14H23NO2/c1-10-7-14(5,6)9-15(10)11(8-16)12(17)13(2,3)4/h8,11H,1,7,9H2,2-6H3. The fraction of sp³-hybridized carbons (Fsp3) is 0.714. The van der Waals surface area contributed by atoms with E-state index in [0.29, 0.717) is 0 Å². The maximum Gasteiger partial charge on any atom is 0.167 e. The highest BCUT2D eigenvalue weighted by molar-refractivity contribution is 6.00. The molecule has 0 aromatic rings. The van der Waals surface area contributed by atoms with Gasteiger partial charge in [0.1, 0.15) is 12.3 Å². The number of Topliss-reactive ketones (excluding diaryl/α,β-unsaturated/α-hetero) is 1. The van der Waals surface area contributed by atoms with Gasteiger partial charge in [-0.25, -0.2) is 0 Å². The molecule has 3 nitrogen and oxygen atoms in total. The summed E-state index contributed by atoms with van der Waals surface area (Å²) in [6.45, 7) is 14.5. The van der Waals surface area contributed by atoms with E-state index in [2.05, 4.69) is 20.4 Å². The fourth-order valence-electron chi connectivity index (χ4n) is 2.30. The van der Waals surface area contributed by atoms with Gasteiger partial charge in [0.15, 0.2) is 5.78 Å². The second-order valence-electron chi connectivity index (χ2n) is 6.73. The molecule has 0 bridgehead atoms. The Morgan fingerprint density at radius 3 is 2.29 bits per heavy atom. The molecule has 1 aliphatic heterocycles. The van der Waals surface area contributed by atoms with Crippen LogP contribution in [0, 0.1) is 10.8 Å². The molecule has 1 fully saturated rings. The highest BCUT2D eigenvalue weighted by Crippen LogP contribution is 2.37. The minimum Gasteiger partial charge on any atom is -0.359 e. The van der Waals surface area contributed by atoms with Crippen LogP contribution in [0.15, 0.2) is 12.3 Å². The van der Waals surface area contributed by atoms with Crippen molar-refractivity contribution in [3.63, 3.8) is 0 Å². The number of rotatable bonds is 3. The first-order valence-electron chi connectivity index (χ1n) is 6.02. The predicted octanol–water partition coefficient (Wildman–Crippen LogP) is 2.41. The van der Waals surface area contributed by atoms with Crippen LogP contribution in [0.3, 0.4) is 0 Å². The Kier molecular flexibility index (Phi) is 3.51. The third kappa shape index (κ3) is 2.96. The van der Waals surface area contributed by atoms with Gasteiger partial charge < -0.3 is 9.69 Å². The predicted molar refractivity (Wildman–Crippen MR) is 68.6 cm³/mol. The van der Waals surface area contributed by atoms with Crippen LogP contribution in [0.5, 0.6) is 0 Å². The van der Waals surface area contributed by atoms with Crippen molar-refractivity contribution in [2.45, 2.75) is 47.1 Å². The third-order valence-corrected chi connectivity index (χ3v) is 3.16. The molecule has 0 saturated carbocycles. The van der Waals surface area contributed by atoms with Crippen molar-refractivity contribution in [2.75, 3.05) is 6.54 Å². The zero-order valence-electron chi connectivity index (χ0n) is 11.5. The molecule has 1 atom stereocenters. The zero-order valence-corrected chi connectivity index (χ0v) is 11.5. The van der Waals surface area contributed by atoms with Crippen molar-refractivity contribution in [3.8, 4) is 0 Å². The molecule has 0 aliphatic carbocycles. The van der Waals surface area contributed by atoms with Crippen molar-refractivity contribution < 1.29 is 9.59 Å². The molecule has 0 radical (unpaired) electrons. The van der Waals surface area contributed by atoms with Gasteiger partial charge in [-0.1, -0.05) is 41.2 Å².